The van der Waals surface area contributed by atoms with Gasteiger partial charge in [0.1, 0.15) is 6.61 Å². The van der Waals surface area contributed by atoms with E-state index in [1.807, 2.05) is 30.3 Å². The van der Waals surface area contributed by atoms with Gasteiger partial charge in [-0.05, 0) is 12.5 Å². The quantitative estimate of drug-likeness (QED) is 0.333. The van der Waals surface area contributed by atoms with Crippen molar-refractivity contribution in [2.75, 3.05) is 6.61 Å². The highest BCUT2D eigenvalue weighted by Crippen LogP contribution is 2.01. The lowest BCUT2D eigenvalue weighted by Gasteiger charge is -2.03. The lowest BCUT2D eigenvalue weighted by Crippen LogP contribution is -2.24. The number of Topliss-reactive ketones (excluding diaryl/α,β-unsaturated/α-hetero) is 1. The summed E-state index contributed by atoms with van der Waals surface area (Å²) in [6, 6.07) is 9.31. The van der Waals surface area contributed by atoms with Gasteiger partial charge in [-0.3, -0.25) is 4.79 Å². The number of esters is 1. The number of carbonyl (C=O) groups excluding carboxylic acids is 2. The molecular formula is C13H15NO4. The van der Waals surface area contributed by atoms with Gasteiger partial charge in [-0.15, -0.1) is 0 Å². The first-order valence-electron chi connectivity index (χ1n) is 5.57. The first kappa shape index (κ1) is 13.9. The summed E-state index contributed by atoms with van der Waals surface area (Å²) < 4.78 is 4.70. The topological polar surface area (TPSA) is 65.0 Å². The molecule has 0 aliphatic rings. The molecule has 1 rings (SSSR count). The van der Waals surface area contributed by atoms with E-state index < -0.39 is 11.8 Å². The van der Waals surface area contributed by atoms with Crippen molar-refractivity contribution < 1.29 is 19.2 Å². The van der Waals surface area contributed by atoms with Crippen molar-refractivity contribution in [3.63, 3.8) is 0 Å². The van der Waals surface area contributed by atoms with Gasteiger partial charge in [-0.1, -0.05) is 35.5 Å². The molecule has 5 nitrogen and oxygen atoms in total. The van der Waals surface area contributed by atoms with Gasteiger partial charge in [0.15, 0.2) is 5.78 Å². The summed E-state index contributed by atoms with van der Waals surface area (Å²) in [5, 5.41) is 3.53. The third kappa shape index (κ3) is 4.37. The van der Waals surface area contributed by atoms with E-state index in [9.17, 15) is 9.59 Å². The molecule has 0 atom stereocenters. The molecule has 1 aromatic carbocycles. The van der Waals surface area contributed by atoms with Crippen molar-refractivity contribution in [1.82, 2.24) is 0 Å². The third-order valence-corrected chi connectivity index (χ3v) is 2.03. The highest BCUT2D eigenvalue weighted by atomic mass is 16.6. The van der Waals surface area contributed by atoms with Gasteiger partial charge in [-0.2, -0.15) is 0 Å². The van der Waals surface area contributed by atoms with Crippen LogP contribution >= 0.6 is 0 Å². The summed E-state index contributed by atoms with van der Waals surface area (Å²) in [6.07, 6.45) is 0. The number of nitrogens with zero attached hydrogens (tertiary/aromatic N) is 1. The standard InChI is InChI=1S/C13H15NO4/c1-3-17-13(16)12(10(2)15)14-18-9-11-7-5-4-6-8-11/h4-8H,3,9H2,1-2H3. The largest absolute Gasteiger partial charge is 0.461 e. The summed E-state index contributed by atoms with van der Waals surface area (Å²) in [5.41, 5.74) is 0.570. The van der Waals surface area contributed by atoms with E-state index in [1.54, 1.807) is 6.92 Å². The van der Waals surface area contributed by atoms with Crippen LogP contribution in [0.2, 0.25) is 0 Å². The molecule has 96 valence electrons. The average molecular weight is 249 g/mol. The fourth-order valence-corrected chi connectivity index (χ4v) is 1.19. The molecule has 0 bridgehead atoms. The fraction of sp³-hybridized carbons (Fsp3) is 0.308. The molecule has 1 aromatic rings. The summed E-state index contributed by atoms with van der Waals surface area (Å²) in [5.74, 6) is -1.25. The average Bonchev–Trinajstić information content (AvgIpc) is 2.35. The predicted octanol–water partition coefficient (Wildman–Crippen LogP) is 1.71. The Morgan fingerprint density at radius 3 is 2.44 bits per heavy atom. The van der Waals surface area contributed by atoms with Crippen molar-refractivity contribution in [2.24, 2.45) is 5.16 Å². The maximum Gasteiger partial charge on any atom is 0.364 e. The Hall–Kier alpha value is -2.17. The van der Waals surface area contributed by atoms with Crippen molar-refractivity contribution >= 4 is 17.5 Å². The van der Waals surface area contributed by atoms with Crippen LogP contribution in [0.1, 0.15) is 19.4 Å². The van der Waals surface area contributed by atoms with E-state index in [0.29, 0.717) is 0 Å². The summed E-state index contributed by atoms with van der Waals surface area (Å²) >= 11 is 0. The predicted molar refractivity (Wildman–Crippen MR) is 66.0 cm³/mol. The molecule has 18 heavy (non-hydrogen) atoms. The minimum atomic E-state index is -0.766. The minimum absolute atomic E-state index is 0.184. The van der Waals surface area contributed by atoms with Crippen molar-refractivity contribution in [2.45, 2.75) is 20.5 Å². The Balaban J connectivity index is 2.61. The first-order chi connectivity index (χ1) is 8.65. The van der Waals surface area contributed by atoms with E-state index >= 15 is 0 Å². The van der Waals surface area contributed by atoms with Crippen molar-refractivity contribution in [3.8, 4) is 0 Å². The summed E-state index contributed by atoms with van der Waals surface area (Å²) in [6.45, 7) is 3.27. The second-order valence-corrected chi connectivity index (χ2v) is 3.48. The van der Waals surface area contributed by atoms with Crippen LogP contribution in [0, 0.1) is 0 Å². The number of ether oxygens (including phenoxy) is 1. The molecule has 0 amide bonds. The van der Waals surface area contributed by atoms with E-state index in [0.717, 1.165) is 5.56 Å². The number of benzene rings is 1. The Morgan fingerprint density at radius 1 is 1.22 bits per heavy atom. The molecule has 0 saturated heterocycles. The van der Waals surface area contributed by atoms with E-state index in [1.165, 1.54) is 6.92 Å². The zero-order valence-electron chi connectivity index (χ0n) is 10.4. The first-order valence-corrected chi connectivity index (χ1v) is 5.57. The zero-order chi connectivity index (χ0) is 13.4. The molecule has 0 fully saturated rings. The van der Waals surface area contributed by atoms with Crippen molar-refractivity contribution in [3.05, 3.63) is 35.9 Å². The highest BCUT2D eigenvalue weighted by molar-refractivity contribution is 6.63. The molecule has 0 radical (unpaired) electrons. The molecule has 0 heterocycles. The molecule has 0 unspecified atom stereocenters. The maximum atomic E-state index is 11.4. The van der Waals surface area contributed by atoms with Crippen LogP contribution < -0.4 is 0 Å². The monoisotopic (exact) mass is 249 g/mol. The second-order valence-electron chi connectivity index (χ2n) is 3.48. The van der Waals surface area contributed by atoms with E-state index in [4.69, 9.17) is 9.57 Å². The van der Waals surface area contributed by atoms with Crippen LogP contribution in [0.4, 0.5) is 0 Å². The number of carbonyl (C=O) groups is 2. The summed E-state index contributed by atoms with van der Waals surface area (Å²) in [4.78, 5) is 27.5. The smallest absolute Gasteiger partial charge is 0.364 e. The van der Waals surface area contributed by atoms with E-state index in [-0.39, 0.29) is 18.9 Å². The van der Waals surface area contributed by atoms with Crippen LogP contribution in [0.15, 0.2) is 35.5 Å². The van der Waals surface area contributed by atoms with Gasteiger partial charge in [0.25, 0.3) is 0 Å². The molecule has 0 saturated carbocycles. The second kappa shape index (κ2) is 7.21. The Morgan fingerprint density at radius 2 is 1.89 bits per heavy atom. The maximum absolute atomic E-state index is 11.4. The minimum Gasteiger partial charge on any atom is -0.461 e. The molecule has 0 aliphatic heterocycles. The number of rotatable bonds is 6. The van der Waals surface area contributed by atoms with Crippen LogP contribution in [0.5, 0.6) is 0 Å². The van der Waals surface area contributed by atoms with Crippen LogP contribution in [0.3, 0.4) is 0 Å². The Bertz CT molecular complexity index is 440. The molecule has 0 spiro atoms. The molecule has 0 aliphatic carbocycles. The van der Waals surface area contributed by atoms with Crippen LogP contribution in [0.25, 0.3) is 0 Å². The van der Waals surface area contributed by atoms with Gasteiger partial charge in [0.05, 0.1) is 6.61 Å². The number of ketones is 1. The number of hydrogen-bond acceptors (Lipinski definition) is 5. The molecule has 0 N–H and O–H groups in total. The Labute approximate surface area is 105 Å². The highest BCUT2D eigenvalue weighted by Gasteiger charge is 2.18. The number of oxime groups is 1. The third-order valence-electron chi connectivity index (χ3n) is 2.03. The van der Waals surface area contributed by atoms with Crippen molar-refractivity contribution in [1.29, 1.82) is 0 Å². The van der Waals surface area contributed by atoms with Gasteiger partial charge in [0.2, 0.25) is 5.71 Å². The van der Waals surface area contributed by atoms with Gasteiger partial charge < -0.3 is 9.57 Å². The van der Waals surface area contributed by atoms with Crippen LogP contribution in [-0.4, -0.2) is 24.1 Å². The SMILES string of the molecule is CCOC(=O)C(=NOCc1ccccc1)C(C)=O. The molecule has 0 aromatic heterocycles. The number of hydrogen-bond donors (Lipinski definition) is 0. The lowest BCUT2D eigenvalue weighted by atomic mass is 10.2. The van der Waals surface area contributed by atoms with Crippen LogP contribution in [-0.2, 0) is 25.8 Å². The van der Waals surface area contributed by atoms with E-state index in [2.05, 4.69) is 5.16 Å². The normalized spacial score (nSPS) is 10.9. The molecular weight excluding hydrogens is 234 g/mol. The fourth-order valence-electron chi connectivity index (χ4n) is 1.19. The molecule has 5 heteroatoms. The zero-order valence-corrected chi connectivity index (χ0v) is 10.4. The van der Waals surface area contributed by atoms with Gasteiger partial charge in [0, 0.05) is 6.92 Å². The summed E-state index contributed by atoms with van der Waals surface area (Å²) in [7, 11) is 0. The van der Waals surface area contributed by atoms with Gasteiger partial charge in [-0.25, -0.2) is 4.79 Å². The lowest BCUT2D eigenvalue weighted by molar-refractivity contribution is -0.136. The van der Waals surface area contributed by atoms with Gasteiger partial charge >= 0.3 is 5.97 Å². The Kier molecular flexibility index (Phi) is 5.57.